The Morgan fingerprint density at radius 1 is 1.09 bits per heavy atom. The number of nitrogens with zero attached hydrogens (tertiary/aromatic N) is 3. The van der Waals surface area contributed by atoms with Crippen molar-refractivity contribution in [2.24, 2.45) is 0 Å². The number of hydrogen-bond donors (Lipinski definition) is 2. The predicted molar refractivity (Wildman–Crippen MR) is 126 cm³/mol. The quantitative estimate of drug-likeness (QED) is 0.463. The van der Waals surface area contributed by atoms with Gasteiger partial charge in [-0.2, -0.15) is 0 Å². The Hall–Kier alpha value is -3.24. The van der Waals surface area contributed by atoms with E-state index in [9.17, 15) is 9.59 Å². The lowest BCUT2D eigenvalue weighted by Gasteiger charge is -2.13. The molecule has 0 saturated carbocycles. The van der Waals surface area contributed by atoms with Crippen molar-refractivity contribution in [2.75, 3.05) is 17.4 Å². The van der Waals surface area contributed by atoms with Gasteiger partial charge in [-0.15, -0.1) is 10.2 Å². The van der Waals surface area contributed by atoms with Crippen LogP contribution in [-0.2, 0) is 22.6 Å². The van der Waals surface area contributed by atoms with E-state index < -0.39 is 5.25 Å². The number of halogens is 1. The van der Waals surface area contributed by atoms with E-state index in [4.69, 9.17) is 21.1 Å². The number of aromatic nitrogens is 3. The molecule has 1 atom stereocenters. The maximum Gasteiger partial charge on any atom is 0.237 e. The van der Waals surface area contributed by atoms with Gasteiger partial charge in [0.15, 0.2) is 16.7 Å². The molecule has 0 radical (unpaired) electrons. The van der Waals surface area contributed by atoms with Gasteiger partial charge in [-0.3, -0.25) is 9.59 Å². The van der Waals surface area contributed by atoms with Gasteiger partial charge in [0, 0.05) is 29.0 Å². The molecule has 0 fully saturated rings. The first kappa shape index (κ1) is 22.9. The smallest absolute Gasteiger partial charge is 0.237 e. The molecule has 3 aromatic rings. The van der Waals surface area contributed by atoms with Gasteiger partial charge < -0.3 is 24.7 Å². The van der Waals surface area contributed by atoms with Gasteiger partial charge in [-0.25, -0.2) is 0 Å². The number of carbonyl (C=O) groups excluding carboxylic acids is 2. The van der Waals surface area contributed by atoms with Crippen LogP contribution < -0.4 is 20.1 Å². The Labute approximate surface area is 199 Å². The zero-order valence-corrected chi connectivity index (χ0v) is 19.6. The second kappa shape index (κ2) is 10.1. The molecular weight excluding hydrogens is 466 g/mol. The molecule has 172 valence electrons. The van der Waals surface area contributed by atoms with E-state index in [2.05, 4.69) is 20.8 Å². The number of thioether (sulfide) groups is 1. The SMILES string of the molecule is CCn1c(CC(=O)Nc2ccc(Cl)cc2)nnc1S[C@@H](C)C(=O)Nc1ccc2c(c1)OCO2. The number of fused-ring (bicyclic) bond motifs is 1. The van der Waals surface area contributed by atoms with Gasteiger partial charge >= 0.3 is 0 Å². The molecule has 1 aliphatic heterocycles. The first-order valence-corrected chi connectivity index (χ1v) is 11.5. The number of rotatable bonds is 8. The minimum Gasteiger partial charge on any atom is -0.454 e. The molecule has 0 saturated heterocycles. The van der Waals surface area contributed by atoms with Gasteiger partial charge in [0.25, 0.3) is 0 Å². The maximum absolute atomic E-state index is 12.7. The van der Waals surface area contributed by atoms with Crippen LogP contribution in [0.15, 0.2) is 47.6 Å². The largest absolute Gasteiger partial charge is 0.454 e. The van der Waals surface area contributed by atoms with Gasteiger partial charge in [0.2, 0.25) is 18.6 Å². The lowest BCUT2D eigenvalue weighted by Crippen LogP contribution is -2.23. The number of carbonyl (C=O) groups is 2. The minimum absolute atomic E-state index is 0.0573. The van der Waals surface area contributed by atoms with Crippen LogP contribution in [0.3, 0.4) is 0 Å². The van der Waals surface area contributed by atoms with Crippen molar-refractivity contribution in [3.8, 4) is 11.5 Å². The first-order valence-electron chi connectivity index (χ1n) is 10.3. The number of hydrogen-bond acceptors (Lipinski definition) is 7. The molecule has 2 heterocycles. The van der Waals surface area contributed by atoms with Gasteiger partial charge in [-0.05, 0) is 50.2 Å². The topological polar surface area (TPSA) is 107 Å². The molecular formula is C22H22ClN5O4S. The summed E-state index contributed by atoms with van der Waals surface area (Å²) in [5, 5.41) is 14.8. The Morgan fingerprint density at radius 3 is 2.58 bits per heavy atom. The van der Waals surface area contributed by atoms with Crippen molar-refractivity contribution in [1.82, 2.24) is 14.8 Å². The van der Waals surface area contributed by atoms with Crippen LogP contribution in [0, 0.1) is 0 Å². The average molecular weight is 488 g/mol. The molecule has 0 unspecified atom stereocenters. The van der Waals surface area contributed by atoms with E-state index >= 15 is 0 Å². The standard InChI is InChI=1S/C22H22ClN5O4S/c1-3-28-19(11-20(29)24-15-6-4-14(23)5-7-15)26-27-22(28)33-13(2)21(30)25-16-8-9-17-18(10-16)32-12-31-17/h4-10,13H,3,11-12H2,1-2H3,(H,24,29)(H,25,30)/t13-/m0/s1. The van der Waals surface area contributed by atoms with E-state index in [0.29, 0.717) is 45.4 Å². The van der Waals surface area contributed by atoms with E-state index in [1.807, 2.05) is 11.5 Å². The van der Waals surface area contributed by atoms with Crippen molar-refractivity contribution in [3.05, 3.63) is 53.3 Å². The molecule has 11 heteroatoms. The molecule has 1 aromatic heterocycles. The summed E-state index contributed by atoms with van der Waals surface area (Å²) in [6.45, 7) is 4.46. The molecule has 0 bridgehead atoms. The van der Waals surface area contributed by atoms with Crippen LogP contribution >= 0.6 is 23.4 Å². The summed E-state index contributed by atoms with van der Waals surface area (Å²) in [6, 6.07) is 12.1. The van der Waals surface area contributed by atoms with Crippen LogP contribution in [0.25, 0.3) is 0 Å². The fourth-order valence-electron chi connectivity index (χ4n) is 3.17. The third-order valence-corrected chi connectivity index (χ3v) is 6.18. The van der Waals surface area contributed by atoms with Crippen LogP contribution in [0.4, 0.5) is 11.4 Å². The van der Waals surface area contributed by atoms with Crippen LogP contribution in [0.5, 0.6) is 11.5 Å². The molecule has 4 rings (SSSR count). The van der Waals surface area contributed by atoms with E-state index in [1.165, 1.54) is 11.8 Å². The molecule has 0 spiro atoms. The Morgan fingerprint density at radius 2 is 1.82 bits per heavy atom. The summed E-state index contributed by atoms with van der Waals surface area (Å²) < 4.78 is 12.5. The van der Waals surface area contributed by atoms with Crippen LogP contribution in [0.2, 0.25) is 5.02 Å². The first-order chi connectivity index (χ1) is 15.9. The van der Waals surface area contributed by atoms with Crippen molar-refractivity contribution < 1.29 is 19.1 Å². The fraction of sp³-hybridized carbons (Fsp3) is 0.273. The number of ether oxygens (including phenoxy) is 2. The zero-order valence-electron chi connectivity index (χ0n) is 18.0. The third-order valence-electron chi connectivity index (χ3n) is 4.85. The fourth-order valence-corrected chi connectivity index (χ4v) is 4.22. The highest BCUT2D eigenvalue weighted by atomic mass is 35.5. The molecule has 2 N–H and O–H groups in total. The van der Waals surface area contributed by atoms with Crippen molar-refractivity contribution >= 4 is 46.6 Å². The second-order valence-electron chi connectivity index (χ2n) is 7.19. The van der Waals surface area contributed by atoms with E-state index in [-0.39, 0.29) is 25.0 Å². The third kappa shape index (κ3) is 5.58. The number of benzene rings is 2. The van der Waals surface area contributed by atoms with Crippen molar-refractivity contribution in [2.45, 2.75) is 37.2 Å². The summed E-state index contributed by atoms with van der Waals surface area (Å²) in [5.41, 5.74) is 1.27. The minimum atomic E-state index is -0.444. The van der Waals surface area contributed by atoms with Gasteiger partial charge in [-0.1, -0.05) is 23.4 Å². The highest BCUT2D eigenvalue weighted by molar-refractivity contribution is 8.00. The lowest BCUT2D eigenvalue weighted by atomic mass is 10.2. The molecule has 2 aromatic carbocycles. The summed E-state index contributed by atoms with van der Waals surface area (Å²) >= 11 is 7.15. The zero-order chi connectivity index (χ0) is 23.4. The predicted octanol–water partition coefficient (Wildman–Crippen LogP) is 3.98. The van der Waals surface area contributed by atoms with Gasteiger partial charge in [0.1, 0.15) is 5.82 Å². The maximum atomic E-state index is 12.7. The second-order valence-corrected chi connectivity index (χ2v) is 8.94. The van der Waals surface area contributed by atoms with Crippen LogP contribution in [0.1, 0.15) is 19.7 Å². The number of amides is 2. The normalized spacial score (nSPS) is 12.9. The van der Waals surface area contributed by atoms with Crippen molar-refractivity contribution in [1.29, 1.82) is 0 Å². The van der Waals surface area contributed by atoms with E-state index in [1.54, 1.807) is 49.4 Å². The molecule has 2 amide bonds. The summed E-state index contributed by atoms with van der Waals surface area (Å²) in [6.07, 6.45) is 0.0573. The highest BCUT2D eigenvalue weighted by Gasteiger charge is 2.22. The monoisotopic (exact) mass is 487 g/mol. The lowest BCUT2D eigenvalue weighted by molar-refractivity contribution is -0.116. The Bertz CT molecular complexity index is 1170. The summed E-state index contributed by atoms with van der Waals surface area (Å²) in [4.78, 5) is 25.1. The highest BCUT2D eigenvalue weighted by Crippen LogP contribution is 2.34. The Kier molecular flexibility index (Phi) is 7.05. The molecule has 9 nitrogen and oxygen atoms in total. The van der Waals surface area contributed by atoms with E-state index in [0.717, 1.165) is 0 Å². The van der Waals surface area contributed by atoms with Gasteiger partial charge in [0.05, 0.1) is 11.7 Å². The summed E-state index contributed by atoms with van der Waals surface area (Å²) in [7, 11) is 0. The number of anilines is 2. The molecule has 33 heavy (non-hydrogen) atoms. The number of nitrogens with one attached hydrogen (secondary N) is 2. The molecule has 1 aliphatic rings. The molecule has 0 aliphatic carbocycles. The van der Waals surface area contributed by atoms with Crippen LogP contribution in [-0.4, -0.2) is 38.6 Å². The average Bonchev–Trinajstić information content (AvgIpc) is 3.41. The summed E-state index contributed by atoms with van der Waals surface area (Å²) in [5.74, 6) is 1.37. The van der Waals surface area contributed by atoms with Crippen molar-refractivity contribution in [3.63, 3.8) is 0 Å². The Balaban J connectivity index is 1.37.